The van der Waals surface area contributed by atoms with Gasteiger partial charge in [0, 0.05) is 31.3 Å². The average molecular weight is 279 g/mol. The van der Waals surface area contributed by atoms with Gasteiger partial charge < -0.3 is 15.7 Å². The van der Waals surface area contributed by atoms with Crippen molar-refractivity contribution in [2.45, 2.75) is 12.8 Å². The molecule has 1 aromatic carbocycles. The Morgan fingerprint density at radius 1 is 1.45 bits per heavy atom. The van der Waals surface area contributed by atoms with Crippen LogP contribution < -0.4 is 5.73 Å². The Kier molecular flexibility index (Phi) is 4.19. The third-order valence-electron chi connectivity index (χ3n) is 3.63. The molecule has 1 saturated heterocycles. The first kappa shape index (κ1) is 14.3. The van der Waals surface area contributed by atoms with Gasteiger partial charge in [0.05, 0.1) is 4.92 Å². The fourth-order valence-electron chi connectivity index (χ4n) is 2.34. The highest BCUT2D eigenvalue weighted by molar-refractivity contribution is 5.95. The van der Waals surface area contributed by atoms with Gasteiger partial charge in [0.2, 0.25) is 0 Å². The van der Waals surface area contributed by atoms with Gasteiger partial charge in [-0.2, -0.15) is 0 Å². The van der Waals surface area contributed by atoms with E-state index >= 15 is 0 Å². The second-order valence-corrected chi connectivity index (χ2v) is 4.95. The number of aliphatic hydroxyl groups is 1. The van der Waals surface area contributed by atoms with Gasteiger partial charge in [-0.1, -0.05) is 0 Å². The molecule has 0 aliphatic carbocycles. The van der Waals surface area contributed by atoms with Crippen molar-refractivity contribution in [2.75, 3.05) is 25.4 Å². The van der Waals surface area contributed by atoms with Gasteiger partial charge in [0.15, 0.2) is 0 Å². The second kappa shape index (κ2) is 5.87. The Labute approximate surface area is 116 Å². The van der Waals surface area contributed by atoms with Gasteiger partial charge in [-0.25, -0.2) is 0 Å². The number of likely N-dealkylation sites (tertiary alicyclic amines) is 1. The van der Waals surface area contributed by atoms with Gasteiger partial charge >= 0.3 is 0 Å². The molecular weight excluding hydrogens is 262 g/mol. The first-order valence-electron chi connectivity index (χ1n) is 6.47. The minimum absolute atomic E-state index is 0.0468. The summed E-state index contributed by atoms with van der Waals surface area (Å²) in [6.07, 6.45) is 1.50. The highest BCUT2D eigenvalue weighted by Crippen LogP contribution is 2.24. The number of nitro benzene ring substituents is 1. The van der Waals surface area contributed by atoms with Crippen LogP contribution in [0.2, 0.25) is 0 Å². The Hall–Kier alpha value is -2.15. The molecule has 0 radical (unpaired) electrons. The summed E-state index contributed by atoms with van der Waals surface area (Å²) in [4.78, 5) is 24.2. The summed E-state index contributed by atoms with van der Waals surface area (Å²) in [5, 5.41) is 19.9. The average Bonchev–Trinajstić information content (AvgIpc) is 2.47. The van der Waals surface area contributed by atoms with E-state index in [1.807, 2.05) is 0 Å². The zero-order valence-corrected chi connectivity index (χ0v) is 11.0. The molecule has 0 aromatic heterocycles. The molecule has 108 valence electrons. The summed E-state index contributed by atoms with van der Waals surface area (Å²) in [5.74, 6) is 0.00398. The number of carbonyl (C=O) groups is 1. The molecule has 2 rings (SSSR count). The minimum atomic E-state index is -0.593. The Morgan fingerprint density at radius 3 is 2.65 bits per heavy atom. The Balaban J connectivity index is 2.14. The molecule has 1 amide bonds. The fourth-order valence-corrected chi connectivity index (χ4v) is 2.34. The molecule has 1 aliphatic heterocycles. The summed E-state index contributed by atoms with van der Waals surface area (Å²) in [6.45, 7) is 1.25. The van der Waals surface area contributed by atoms with Crippen LogP contribution in [0.25, 0.3) is 0 Å². The number of benzene rings is 1. The lowest BCUT2D eigenvalue weighted by Crippen LogP contribution is -2.39. The van der Waals surface area contributed by atoms with Crippen molar-refractivity contribution in [3.63, 3.8) is 0 Å². The molecular formula is C13H17N3O4. The van der Waals surface area contributed by atoms with E-state index in [1.54, 1.807) is 4.90 Å². The maximum atomic E-state index is 12.3. The van der Waals surface area contributed by atoms with Crippen molar-refractivity contribution in [3.8, 4) is 0 Å². The van der Waals surface area contributed by atoms with Crippen molar-refractivity contribution in [2.24, 2.45) is 5.92 Å². The van der Waals surface area contributed by atoms with Crippen LogP contribution in [0.1, 0.15) is 23.2 Å². The topological polar surface area (TPSA) is 110 Å². The summed E-state index contributed by atoms with van der Waals surface area (Å²) in [6, 6.07) is 4.10. The molecule has 0 bridgehead atoms. The van der Waals surface area contributed by atoms with E-state index in [4.69, 9.17) is 10.8 Å². The largest absolute Gasteiger partial charge is 0.396 e. The van der Waals surface area contributed by atoms with Crippen molar-refractivity contribution >= 4 is 17.3 Å². The van der Waals surface area contributed by atoms with Crippen LogP contribution in [0.3, 0.4) is 0 Å². The molecule has 1 heterocycles. The van der Waals surface area contributed by atoms with E-state index in [2.05, 4.69) is 0 Å². The molecule has 7 nitrogen and oxygen atoms in total. The van der Waals surface area contributed by atoms with Gasteiger partial charge in [0.1, 0.15) is 5.69 Å². The number of hydrogen-bond acceptors (Lipinski definition) is 5. The highest BCUT2D eigenvalue weighted by atomic mass is 16.6. The van der Waals surface area contributed by atoms with Crippen molar-refractivity contribution in [1.82, 2.24) is 4.90 Å². The SMILES string of the molecule is Nc1ccc(C(=O)N2CCC(CO)CC2)cc1[N+](=O)[O-]. The molecule has 3 N–H and O–H groups in total. The third-order valence-corrected chi connectivity index (χ3v) is 3.63. The number of anilines is 1. The van der Waals surface area contributed by atoms with Gasteiger partial charge in [-0.05, 0) is 30.9 Å². The fraction of sp³-hybridized carbons (Fsp3) is 0.462. The normalized spacial score (nSPS) is 16.1. The standard InChI is InChI=1S/C13H17N3O4/c14-11-2-1-10(7-12(11)16(19)20)13(18)15-5-3-9(8-17)4-6-15/h1-2,7,9,17H,3-6,8,14H2. The summed E-state index contributed by atoms with van der Waals surface area (Å²) in [7, 11) is 0. The lowest BCUT2D eigenvalue weighted by molar-refractivity contribution is -0.383. The van der Waals surface area contributed by atoms with Crippen LogP contribution in [0, 0.1) is 16.0 Å². The molecule has 1 fully saturated rings. The van der Waals surface area contributed by atoms with Crippen molar-refractivity contribution < 1.29 is 14.8 Å². The maximum Gasteiger partial charge on any atom is 0.292 e. The summed E-state index contributed by atoms with van der Waals surface area (Å²) < 4.78 is 0. The van der Waals surface area contributed by atoms with E-state index in [0.29, 0.717) is 13.1 Å². The smallest absolute Gasteiger partial charge is 0.292 e. The quantitative estimate of drug-likeness (QED) is 0.487. The van der Waals surface area contributed by atoms with Crippen LogP contribution in [0.5, 0.6) is 0 Å². The van der Waals surface area contributed by atoms with Gasteiger partial charge in [-0.3, -0.25) is 14.9 Å². The van der Waals surface area contributed by atoms with E-state index in [-0.39, 0.29) is 35.4 Å². The molecule has 1 aromatic rings. The summed E-state index contributed by atoms with van der Waals surface area (Å²) >= 11 is 0. The minimum Gasteiger partial charge on any atom is -0.396 e. The number of hydrogen-bond donors (Lipinski definition) is 2. The van der Waals surface area contributed by atoms with E-state index in [0.717, 1.165) is 12.8 Å². The molecule has 0 spiro atoms. The lowest BCUT2D eigenvalue weighted by Gasteiger charge is -2.31. The first-order valence-corrected chi connectivity index (χ1v) is 6.47. The number of nitrogens with zero attached hydrogens (tertiary/aromatic N) is 2. The van der Waals surface area contributed by atoms with Crippen LogP contribution in [-0.2, 0) is 0 Å². The number of amides is 1. The zero-order chi connectivity index (χ0) is 14.7. The second-order valence-electron chi connectivity index (χ2n) is 4.95. The highest BCUT2D eigenvalue weighted by Gasteiger charge is 2.24. The zero-order valence-electron chi connectivity index (χ0n) is 11.0. The predicted octanol–water partition coefficient (Wildman–Crippen LogP) is 1.02. The predicted molar refractivity (Wildman–Crippen MR) is 73.2 cm³/mol. The maximum absolute atomic E-state index is 12.3. The Bertz CT molecular complexity index is 524. The Morgan fingerprint density at radius 2 is 2.10 bits per heavy atom. The molecule has 0 saturated carbocycles. The molecule has 20 heavy (non-hydrogen) atoms. The van der Waals surface area contributed by atoms with Crippen molar-refractivity contribution in [1.29, 1.82) is 0 Å². The van der Waals surface area contributed by atoms with E-state index in [1.165, 1.54) is 18.2 Å². The first-order chi connectivity index (χ1) is 9.52. The van der Waals surface area contributed by atoms with Crippen LogP contribution in [0.15, 0.2) is 18.2 Å². The molecule has 0 unspecified atom stereocenters. The monoisotopic (exact) mass is 279 g/mol. The van der Waals surface area contributed by atoms with Crippen LogP contribution in [0.4, 0.5) is 11.4 Å². The summed E-state index contributed by atoms with van der Waals surface area (Å²) in [5.41, 5.74) is 5.58. The number of nitrogens with two attached hydrogens (primary N) is 1. The number of nitro groups is 1. The van der Waals surface area contributed by atoms with Crippen molar-refractivity contribution in [3.05, 3.63) is 33.9 Å². The number of piperidine rings is 1. The van der Waals surface area contributed by atoms with E-state index < -0.39 is 4.92 Å². The number of nitrogen functional groups attached to an aromatic ring is 1. The number of carbonyl (C=O) groups excluding carboxylic acids is 1. The number of rotatable bonds is 3. The molecule has 7 heteroatoms. The van der Waals surface area contributed by atoms with Gasteiger partial charge in [0.25, 0.3) is 11.6 Å². The van der Waals surface area contributed by atoms with Crippen LogP contribution in [-0.4, -0.2) is 40.5 Å². The van der Waals surface area contributed by atoms with E-state index in [9.17, 15) is 14.9 Å². The number of aliphatic hydroxyl groups excluding tert-OH is 1. The third kappa shape index (κ3) is 2.88. The lowest BCUT2D eigenvalue weighted by atomic mass is 9.97. The molecule has 0 atom stereocenters. The van der Waals surface area contributed by atoms with Gasteiger partial charge in [-0.15, -0.1) is 0 Å². The molecule has 1 aliphatic rings. The van der Waals surface area contributed by atoms with Crippen LogP contribution >= 0.6 is 0 Å².